The molecule has 0 radical (unpaired) electrons. The van der Waals surface area contributed by atoms with E-state index in [0.29, 0.717) is 24.2 Å². The van der Waals surface area contributed by atoms with E-state index in [1.54, 1.807) is 42.7 Å². The van der Waals surface area contributed by atoms with Crippen molar-refractivity contribution >= 4 is 17.9 Å². The molecule has 3 rings (SSSR count). The molecule has 0 spiro atoms. The van der Waals surface area contributed by atoms with Gasteiger partial charge in [-0.1, -0.05) is 62.7 Å². The number of carbonyl (C=O) groups is 3. The number of benzene rings is 2. The van der Waals surface area contributed by atoms with Gasteiger partial charge in [-0.3, -0.25) is 4.79 Å². The fraction of sp³-hybridized carbons (Fsp3) is 0.379. The van der Waals surface area contributed by atoms with E-state index in [1.165, 1.54) is 0 Å². The number of nitrogens with zero attached hydrogens (tertiary/aromatic N) is 2. The van der Waals surface area contributed by atoms with Crippen LogP contribution in [0, 0.1) is 0 Å². The summed E-state index contributed by atoms with van der Waals surface area (Å²) in [6.45, 7) is 7.27. The third kappa shape index (κ3) is 6.71. The molecule has 1 heterocycles. The van der Waals surface area contributed by atoms with Crippen molar-refractivity contribution in [3.8, 4) is 11.1 Å². The van der Waals surface area contributed by atoms with Gasteiger partial charge in [0.1, 0.15) is 17.1 Å². The minimum Gasteiger partial charge on any atom is -0.478 e. The van der Waals surface area contributed by atoms with Crippen LogP contribution in [0.4, 0.5) is 0 Å². The van der Waals surface area contributed by atoms with Crippen molar-refractivity contribution in [3.05, 3.63) is 76.9 Å². The molecule has 2 aromatic carbocycles. The van der Waals surface area contributed by atoms with Crippen molar-refractivity contribution in [2.45, 2.75) is 71.9 Å². The van der Waals surface area contributed by atoms with Crippen LogP contribution in [0.1, 0.15) is 91.3 Å². The summed E-state index contributed by atoms with van der Waals surface area (Å²) in [6, 6.07) is 14.2. The van der Waals surface area contributed by atoms with Gasteiger partial charge in [-0.05, 0) is 49.4 Å². The van der Waals surface area contributed by atoms with E-state index in [2.05, 4.69) is 4.98 Å². The molecule has 0 fully saturated rings. The molecule has 196 valence electrons. The molecule has 0 aliphatic heterocycles. The summed E-state index contributed by atoms with van der Waals surface area (Å²) in [5, 5.41) is 20.3. The number of carboxylic acid groups (broad SMARTS) is 1. The summed E-state index contributed by atoms with van der Waals surface area (Å²) in [6.07, 6.45) is 2.86. The average Bonchev–Trinajstić information content (AvgIpc) is 3.22. The number of imidazole rings is 1. The van der Waals surface area contributed by atoms with Gasteiger partial charge in [0, 0.05) is 19.4 Å². The molecule has 3 aromatic rings. The number of carboxylic acids is 1. The lowest BCUT2D eigenvalue weighted by atomic mass is 9.98. The van der Waals surface area contributed by atoms with E-state index in [4.69, 9.17) is 4.74 Å². The van der Waals surface area contributed by atoms with Crippen molar-refractivity contribution in [3.63, 3.8) is 0 Å². The fourth-order valence-corrected chi connectivity index (χ4v) is 4.13. The molecular weight excluding hydrogens is 472 g/mol. The second-order valence-corrected chi connectivity index (χ2v) is 9.53. The van der Waals surface area contributed by atoms with Gasteiger partial charge in [0.15, 0.2) is 5.69 Å². The summed E-state index contributed by atoms with van der Waals surface area (Å²) < 4.78 is 6.85. The number of hydrogen-bond donors (Lipinski definition) is 2. The molecule has 0 saturated carbocycles. The number of aliphatic hydroxyl groups is 1. The molecule has 8 heteroatoms. The monoisotopic (exact) mass is 506 g/mol. The average molecular weight is 507 g/mol. The normalized spacial score (nSPS) is 11.4. The summed E-state index contributed by atoms with van der Waals surface area (Å²) in [5.74, 6) is -1.84. The highest BCUT2D eigenvalue weighted by molar-refractivity contribution is 5.97. The zero-order valence-corrected chi connectivity index (χ0v) is 21.8. The number of aryl methyl sites for hydroxylation is 1. The van der Waals surface area contributed by atoms with E-state index >= 15 is 0 Å². The van der Waals surface area contributed by atoms with E-state index in [0.717, 1.165) is 24.0 Å². The maximum absolute atomic E-state index is 13.2. The van der Waals surface area contributed by atoms with E-state index in [1.807, 2.05) is 38.1 Å². The smallest absolute Gasteiger partial charge is 0.364 e. The van der Waals surface area contributed by atoms with Crippen molar-refractivity contribution in [2.75, 3.05) is 0 Å². The van der Waals surface area contributed by atoms with Crippen molar-refractivity contribution in [1.29, 1.82) is 0 Å². The van der Waals surface area contributed by atoms with Crippen LogP contribution in [0.2, 0.25) is 0 Å². The Hall–Kier alpha value is -3.78. The fourth-order valence-electron chi connectivity index (χ4n) is 4.13. The molecule has 37 heavy (non-hydrogen) atoms. The first-order valence-corrected chi connectivity index (χ1v) is 12.6. The van der Waals surface area contributed by atoms with Crippen LogP contribution in [-0.4, -0.2) is 37.7 Å². The second-order valence-electron chi connectivity index (χ2n) is 9.53. The Morgan fingerprint density at radius 1 is 1.00 bits per heavy atom. The van der Waals surface area contributed by atoms with Gasteiger partial charge in [-0.15, -0.1) is 0 Å². The molecule has 0 amide bonds. The van der Waals surface area contributed by atoms with Crippen LogP contribution in [0.3, 0.4) is 0 Å². The van der Waals surface area contributed by atoms with Gasteiger partial charge in [-0.25, -0.2) is 14.6 Å². The highest BCUT2D eigenvalue weighted by Gasteiger charge is 2.33. The Balaban J connectivity index is 2.01. The minimum absolute atomic E-state index is 0.0566. The lowest BCUT2D eigenvalue weighted by Crippen LogP contribution is -2.24. The van der Waals surface area contributed by atoms with Gasteiger partial charge in [0.2, 0.25) is 0 Å². The first-order valence-electron chi connectivity index (χ1n) is 12.6. The molecular formula is C29H34N2O6. The maximum atomic E-state index is 13.2. The highest BCUT2D eigenvalue weighted by atomic mass is 16.6. The molecule has 0 atom stereocenters. The highest BCUT2D eigenvalue weighted by Crippen LogP contribution is 2.28. The van der Waals surface area contributed by atoms with Crippen LogP contribution in [0.5, 0.6) is 0 Å². The third-order valence-electron chi connectivity index (χ3n) is 6.00. The number of aromatic carboxylic acids is 1. The number of rotatable bonds is 11. The van der Waals surface area contributed by atoms with E-state index in [9.17, 15) is 24.6 Å². The van der Waals surface area contributed by atoms with Crippen LogP contribution >= 0.6 is 0 Å². The van der Waals surface area contributed by atoms with Gasteiger partial charge >= 0.3 is 17.9 Å². The van der Waals surface area contributed by atoms with Gasteiger partial charge < -0.3 is 19.5 Å². The maximum Gasteiger partial charge on any atom is 0.364 e. The number of ether oxygens (including phenoxy) is 1. The number of hydrogen-bond acceptors (Lipinski definition) is 6. The molecule has 0 bridgehead atoms. The van der Waals surface area contributed by atoms with E-state index in [-0.39, 0.29) is 29.9 Å². The largest absolute Gasteiger partial charge is 0.478 e. The van der Waals surface area contributed by atoms with Crippen LogP contribution in [0.25, 0.3) is 11.1 Å². The standard InChI is InChI=1S/C29H34N2O6/c1-5-7-13-24(32)37-28(35)25-26(29(3,4)36)30-23(10-6-2)31(25)18-19-14-16-20(17-15-19)21-11-8-9-12-22(21)27(33)34/h8-9,11-12,14-17,36H,5-7,10,13,18H2,1-4H3,(H,33,34). The lowest BCUT2D eigenvalue weighted by molar-refractivity contribution is -0.138. The molecule has 0 aliphatic carbocycles. The Labute approximate surface area is 216 Å². The number of carbonyl (C=O) groups excluding carboxylic acids is 2. The topological polar surface area (TPSA) is 119 Å². The quantitative estimate of drug-likeness (QED) is 0.266. The van der Waals surface area contributed by atoms with Crippen molar-refractivity contribution in [2.24, 2.45) is 0 Å². The molecule has 1 aromatic heterocycles. The summed E-state index contributed by atoms with van der Waals surface area (Å²) in [5.41, 5.74) is 1.19. The molecule has 0 saturated heterocycles. The van der Waals surface area contributed by atoms with Crippen LogP contribution in [0.15, 0.2) is 48.5 Å². The molecule has 2 N–H and O–H groups in total. The Morgan fingerprint density at radius 2 is 1.68 bits per heavy atom. The predicted molar refractivity (Wildman–Crippen MR) is 139 cm³/mol. The minimum atomic E-state index is -1.43. The Morgan fingerprint density at radius 3 is 2.27 bits per heavy atom. The van der Waals surface area contributed by atoms with Crippen LogP contribution in [-0.2, 0) is 28.1 Å². The second kappa shape index (κ2) is 12.0. The third-order valence-corrected chi connectivity index (χ3v) is 6.00. The van der Waals surface area contributed by atoms with Gasteiger partial charge in [0.25, 0.3) is 0 Å². The summed E-state index contributed by atoms with van der Waals surface area (Å²) in [7, 11) is 0. The first kappa shape index (κ1) is 27.8. The van der Waals surface area contributed by atoms with Crippen LogP contribution < -0.4 is 0 Å². The van der Waals surface area contributed by atoms with Gasteiger partial charge in [0.05, 0.1) is 5.56 Å². The number of aromatic nitrogens is 2. The van der Waals surface area contributed by atoms with Crippen molar-refractivity contribution in [1.82, 2.24) is 9.55 Å². The summed E-state index contributed by atoms with van der Waals surface area (Å²) in [4.78, 5) is 41.6. The SMILES string of the molecule is CCCCC(=O)OC(=O)c1c(C(C)(C)O)nc(CCC)n1Cc1ccc(-c2ccccc2C(=O)O)cc1. The zero-order valence-electron chi connectivity index (χ0n) is 21.8. The molecule has 8 nitrogen and oxygen atoms in total. The Bertz CT molecular complexity index is 1270. The zero-order chi connectivity index (χ0) is 27.2. The number of unbranched alkanes of at least 4 members (excludes halogenated alkanes) is 1. The summed E-state index contributed by atoms with van der Waals surface area (Å²) >= 11 is 0. The predicted octanol–water partition coefficient (Wildman–Crippen LogP) is 5.35. The van der Waals surface area contributed by atoms with E-state index < -0.39 is 23.5 Å². The molecule has 0 unspecified atom stereocenters. The lowest BCUT2D eigenvalue weighted by Gasteiger charge is -2.17. The number of esters is 2. The van der Waals surface area contributed by atoms with Crippen molar-refractivity contribution < 1.29 is 29.3 Å². The molecule has 0 aliphatic rings. The Kier molecular flexibility index (Phi) is 8.99. The van der Waals surface area contributed by atoms with Gasteiger partial charge in [-0.2, -0.15) is 0 Å². The first-order chi connectivity index (χ1) is 17.6.